The highest BCUT2D eigenvalue weighted by Crippen LogP contribution is 2.40. The van der Waals surface area contributed by atoms with E-state index in [1.165, 1.54) is 64.2 Å². The predicted molar refractivity (Wildman–Crippen MR) is 71.5 cm³/mol. The molecule has 2 rings (SSSR count). The van der Waals surface area contributed by atoms with Crippen molar-refractivity contribution < 1.29 is 0 Å². The average molecular weight is 220 g/mol. The molecule has 2 aliphatic rings. The van der Waals surface area contributed by atoms with Crippen molar-refractivity contribution in [3.05, 3.63) is 12.2 Å². The van der Waals surface area contributed by atoms with Crippen molar-refractivity contribution in [2.45, 2.75) is 71.1 Å². The molecule has 0 heterocycles. The lowest BCUT2D eigenvalue weighted by Crippen LogP contribution is -2.20. The van der Waals surface area contributed by atoms with Gasteiger partial charge in [0.15, 0.2) is 0 Å². The topological polar surface area (TPSA) is 0 Å². The molecule has 0 radical (unpaired) electrons. The van der Waals surface area contributed by atoms with Crippen LogP contribution in [0, 0.1) is 17.8 Å². The van der Waals surface area contributed by atoms with Crippen LogP contribution < -0.4 is 0 Å². The van der Waals surface area contributed by atoms with Crippen molar-refractivity contribution >= 4 is 0 Å². The number of hydrogen-bond acceptors (Lipinski definition) is 0. The van der Waals surface area contributed by atoms with E-state index in [4.69, 9.17) is 0 Å². The van der Waals surface area contributed by atoms with Crippen LogP contribution in [0.1, 0.15) is 71.1 Å². The van der Waals surface area contributed by atoms with Gasteiger partial charge in [-0.25, -0.2) is 0 Å². The van der Waals surface area contributed by atoms with Gasteiger partial charge in [0.05, 0.1) is 0 Å². The Bertz CT molecular complexity index is 214. The molecule has 0 unspecified atom stereocenters. The molecule has 92 valence electrons. The zero-order chi connectivity index (χ0) is 11.4. The Morgan fingerprint density at radius 3 is 2.00 bits per heavy atom. The first-order valence-corrected chi connectivity index (χ1v) is 7.50. The molecule has 0 N–H and O–H groups in total. The summed E-state index contributed by atoms with van der Waals surface area (Å²) in [6.45, 7) is 6.80. The van der Waals surface area contributed by atoms with E-state index in [1.807, 2.05) is 0 Å². The SMILES string of the molecule is C=C(C1CCCCC1)C1CCC(CC)CC1. The smallest absolute Gasteiger partial charge is 0.0203 e. The van der Waals surface area contributed by atoms with E-state index >= 15 is 0 Å². The van der Waals surface area contributed by atoms with E-state index in [0.717, 1.165) is 17.8 Å². The molecule has 2 aliphatic carbocycles. The Kier molecular flexibility index (Phi) is 4.49. The number of allylic oxidation sites excluding steroid dienone is 1. The number of rotatable bonds is 3. The van der Waals surface area contributed by atoms with E-state index < -0.39 is 0 Å². The summed E-state index contributed by atoms with van der Waals surface area (Å²) in [5, 5.41) is 0. The second-order valence-corrected chi connectivity index (χ2v) is 6.04. The highest BCUT2D eigenvalue weighted by Gasteiger charge is 2.26. The highest BCUT2D eigenvalue weighted by molar-refractivity contribution is 5.07. The molecule has 0 heteroatoms. The average Bonchev–Trinajstić information content (AvgIpc) is 2.39. The number of hydrogen-bond donors (Lipinski definition) is 0. The van der Waals surface area contributed by atoms with E-state index in [0.29, 0.717) is 0 Å². The summed E-state index contributed by atoms with van der Waals surface area (Å²) >= 11 is 0. The third-order valence-corrected chi connectivity index (χ3v) is 5.08. The van der Waals surface area contributed by atoms with Gasteiger partial charge in [-0.15, -0.1) is 0 Å². The Labute approximate surface area is 102 Å². The van der Waals surface area contributed by atoms with Crippen LogP contribution in [0.2, 0.25) is 0 Å². The molecule has 2 fully saturated rings. The van der Waals surface area contributed by atoms with Crippen LogP contribution in [0.25, 0.3) is 0 Å². The maximum Gasteiger partial charge on any atom is -0.0203 e. The Balaban J connectivity index is 1.81. The van der Waals surface area contributed by atoms with Crippen molar-refractivity contribution in [1.82, 2.24) is 0 Å². The highest BCUT2D eigenvalue weighted by atomic mass is 14.3. The van der Waals surface area contributed by atoms with E-state index in [-0.39, 0.29) is 0 Å². The van der Waals surface area contributed by atoms with Gasteiger partial charge in [0.2, 0.25) is 0 Å². The molecule has 0 aromatic heterocycles. The summed E-state index contributed by atoms with van der Waals surface area (Å²) in [7, 11) is 0. The Morgan fingerprint density at radius 2 is 1.44 bits per heavy atom. The zero-order valence-electron chi connectivity index (χ0n) is 11.0. The molecule has 0 bridgehead atoms. The van der Waals surface area contributed by atoms with Crippen molar-refractivity contribution in [1.29, 1.82) is 0 Å². The van der Waals surface area contributed by atoms with Crippen LogP contribution >= 0.6 is 0 Å². The molecule has 0 aromatic rings. The predicted octanol–water partition coefficient (Wildman–Crippen LogP) is 5.34. The molecule has 0 aliphatic heterocycles. The first-order valence-electron chi connectivity index (χ1n) is 7.50. The van der Waals surface area contributed by atoms with Gasteiger partial charge in [-0.3, -0.25) is 0 Å². The molecule has 0 aromatic carbocycles. The monoisotopic (exact) mass is 220 g/mol. The Hall–Kier alpha value is -0.260. The van der Waals surface area contributed by atoms with Gasteiger partial charge in [-0.05, 0) is 56.3 Å². The van der Waals surface area contributed by atoms with Gasteiger partial charge in [0, 0.05) is 0 Å². The minimum absolute atomic E-state index is 0.880. The van der Waals surface area contributed by atoms with E-state index in [2.05, 4.69) is 13.5 Å². The van der Waals surface area contributed by atoms with Crippen LogP contribution in [0.3, 0.4) is 0 Å². The molecule has 16 heavy (non-hydrogen) atoms. The lowest BCUT2D eigenvalue weighted by Gasteiger charge is -2.34. The summed E-state index contributed by atoms with van der Waals surface area (Å²) in [5.41, 5.74) is 1.63. The summed E-state index contributed by atoms with van der Waals surface area (Å²) in [5.74, 6) is 2.79. The first kappa shape index (κ1) is 12.2. The molecule has 0 atom stereocenters. The maximum atomic E-state index is 4.45. The van der Waals surface area contributed by atoms with Crippen LogP contribution in [0.5, 0.6) is 0 Å². The summed E-state index contributed by atoms with van der Waals surface area (Å²) in [6, 6.07) is 0. The second kappa shape index (κ2) is 5.89. The lowest BCUT2D eigenvalue weighted by atomic mass is 9.72. The molecule has 0 nitrogen and oxygen atoms in total. The van der Waals surface area contributed by atoms with Crippen molar-refractivity contribution in [2.24, 2.45) is 17.8 Å². The van der Waals surface area contributed by atoms with Gasteiger partial charge in [0.25, 0.3) is 0 Å². The third kappa shape index (κ3) is 2.90. The minimum Gasteiger partial charge on any atom is -0.0993 e. The third-order valence-electron chi connectivity index (χ3n) is 5.08. The lowest BCUT2D eigenvalue weighted by molar-refractivity contribution is 0.269. The summed E-state index contributed by atoms with van der Waals surface area (Å²) in [4.78, 5) is 0. The van der Waals surface area contributed by atoms with Gasteiger partial charge < -0.3 is 0 Å². The van der Waals surface area contributed by atoms with Gasteiger partial charge in [-0.1, -0.05) is 44.8 Å². The second-order valence-electron chi connectivity index (χ2n) is 6.04. The Morgan fingerprint density at radius 1 is 0.875 bits per heavy atom. The molecule has 0 saturated heterocycles. The fourth-order valence-corrected chi connectivity index (χ4v) is 3.75. The van der Waals surface area contributed by atoms with Gasteiger partial charge >= 0.3 is 0 Å². The summed E-state index contributed by atoms with van der Waals surface area (Å²) < 4.78 is 0. The van der Waals surface area contributed by atoms with Crippen molar-refractivity contribution in [2.75, 3.05) is 0 Å². The minimum atomic E-state index is 0.880. The van der Waals surface area contributed by atoms with Crippen molar-refractivity contribution in [3.63, 3.8) is 0 Å². The van der Waals surface area contributed by atoms with Crippen LogP contribution in [-0.2, 0) is 0 Å². The largest absolute Gasteiger partial charge is 0.0993 e. The first-order chi connectivity index (χ1) is 7.81. The maximum absolute atomic E-state index is 4.45. The molecule has 2 saturated carbocycles. The van der Waals surface area contributed by atoms with Gasteiger partial charge in [0.1, 0.15) is 0 Å². The fraction of sp³-hybridized carbons (Fsp3) is 0.875. The zero-order valence-corrected chi connectivity index (χ0v) is 11.0. The molecular weight excluding hydrogens is 192 g/mol. The van der Waals surface area contributed by atoms with Gasteiger partial charge in [-0.2, -0.15) is 0 Å². The molecular formula is C16H28. The normalized spacial score (nSPS) is 32.6. The van der Waals surface area contributed by atoms with Crippen LogP contribution in [-0.4, -0.2) is 0 Å². The standard InChI is InChI=1S/C16H28/c1-3-14-9-11-16(12-10-14)13(2)15-7-5-4-6-8-15/h14-16H,2-12H2,1H3. The van der Waals surface area contributed by atoms with E-state index in [9.17, 15) is 0 Å². The molecule has 0 amide bonds. The van der Waals surface area contributed by atoms with E-state index in [1.54, 1.807) is 5.57 Å². The van der Waals surface area contributed by atoms with Crippen LogP contribution in [0.15, 0.2) is 12.2 Å². The summed E-state index contributed by atoms with van der Waals surface area (Å²) in [6.07, 6.45) is 14.4. The fourth-order valence-electron chi connectivity index (χ4n) is 3.75. The van der Waals surface area contributed by atoms with Crippen molar-refractivity contribution in [3.8, 4) is 0 Å². The molecule has 0 spiro atoms. The quantitative estimate of drug-likeness (QED) is 0.563. The van der Waals surface area contributed by atoms with Crippen LogP contribution in [0.4, 0.5) is 0 Å².